The molecule has 0 bridgehead atoms. The number of para-hydroxylation sites is 2. The van der Waals surface area contributed by atoms with Crippen LogP contribution in [0.25, 0.3) is 11.0 Å². The van der Waals surface area contributed by atoms with E-state index in [0.717, 1.165) is 6.07 Å². The number of benzene rings is 2. The maximum absolute atomic E-state index is 13.0. The molecule has 37 heavy (non-hydrogen) atoms. The van der Waals surface area contributed by atoms with Gasteiger partial charge < -0.3 is 34.2 Å². The molecule has 0 aliphatic rings. The van der Waals surface area contributed by atoms with E-state index in [1.165, 1.54) is 29.9 Å². The van der Waals surface area contributed by atoms with Crippen molar-refractivity contribution in [1.82, 2.24) is 14.9 Å². The van der Waals surface area contributed by atoms with Gasteiger partial charge in [-0.05, 0) is 36.8 Å². The van der Waals surface area contributed by atoms with Gasteiger partial charge in [-0.25, -0.2) is 0 Å². The van der Waals surface area contributed by atoms with Crippen LogP contribution in [0.5, 0.6) is 17.2 Å². The molecule has 0 aliphatic heterocycles. The van der Waals surface area contributed by atoms with E-state index in [4.69, 9.17) is 9.15 Å². The zero-order valence-corrected chi connectivity index (χ0v) is 20.1. The molecule has 2 aromatic carbocycles. The second-order valence-electron chi connectivity index (χ2n) is 8.40. The molecule has 0 fully saturated rings. The van der Waals surface area contributed by atoms with Gasteiger partial charge in [0.1, 0.15) is 5.76 Å². The largest absolute Gasteiger partial charge is 0.504 e. The normalized spacial score (nSPS) is 11.8. The number of carbonyl (C=O) groups excluding carboxylic acids is 1. The molecule has 11 heteroatoms. The Morgan fingerprint density at radius 2 is 1.89 bits per heavy atom. The van der Waals surface area contributed by atoms with Gasteiger partial charge in [0.25, 0.3) is 0 Å². The van der Waals surface area contributed by atoms with E-state index in [9.17, 15) is 29.4 Å². The van der Waals surface area contributed by atoms with Gasteiger partial charge >= 0.3 is 11.1 Å². The van der Waals surface area contributed by atoms with Crippen LogP contribution in [0.4, 0.5) is 0 Å². The van der Waals surface area contributed by atoms with Crippen molar-refractivity contribution in [3.8, 4) is 17.2 Å². The van der Waals surface area contributed by atoms with E-state index >= 15 is 0 Å². The Bertz CT molecular complexity index is 1650. The number of aryl methyl sites for hydroxylation is 1. The van der Waals surface area contributed by atoms with Crippen molar-refractivity contribution in [2.75, 3.05) is 13.7 Å². The number of nitrogens with one attached hydrogen (secondary N) is 2. The van der Waals surface area contributed by atoms with Gasteiger partial charge in [-0.1, -0.05) is 18.2 Å². The highest BCUT2D eigenvalue weighted by Crippen LogP contribution is 2.37. The number of H-pyrrole nitrogens is 1. The van der Waals surface area contributed by atoms with Crippen LogP contribution in [0.3, 0.4) is 0 Å². The van der Waals surface area contributed by atoms with Gasteiger partial charge in [0.2, 0.25) is 17.1 Å². The third-order valence-corrected chi connectivity index (χ3v) is 5.92. The second-order valence-corrected chi connectivity index (χ2v) is 8.40. The van der Waals surface area contributed by atoms with Gasteiger partial charge in [0, 0.05) is 25.6 Å². The zero-order valence-electron chi connectivity index (χ0n) is 20.1. The van der Waals surface area contributed by atoms with E-state index in [0.29, 0.717) is 16.6 Å². The quantitative estimate of drug-likeness (QED) is 0.262. The summed E-state index contributed by atoms with van der Waals surface area (Å²) in [7, 11) is 1.37. The lowest BCUT2D eigenvalue weighted by atomic mass is 9.91. The first-order chi connectivity index (χ1) is 17.7. The average Bonchev–Trinajstić information content (AvgIpc) is 2.87. The highest BCUT2D eigenvalue weighted by molar-refractivity contribution is 5.78. The molecule has 1 amide bonds. The summed E-state index contributed by atoms with van der Waals surface area (Å²) >= 11 is 0. The lowest BCUT2D eigenvalue weighted by Gasteiger charge is -2.19. The van der Waals surface area contributed by atoms with Crippen molar-refractivity contribution in [1.29, 1.82) is 0 Å². The number of phenolic OH excluding ortho intramolecular Hbond substituents is 1. The third-order valence-electron chi connectivity index (χ3n) is 5.92. The van der Waals surface area contributed by atoms with Crippen LogP contribution in [0.1, 0.15) is 29.4 Å². The SMILES string of the molecule is COc1cc([C@@H](CC(=O)NCCn2c(=O)c(=O)[nH]c3ccccc32)c2oc(C)cc(=O)c2O)ccc1O. The number of aromatic amines is 1. The average molecular weight is 507 g/mol. The monoisotopic (exact) mass is 507 g/mol. The van der Waals surface area contributed by atoms with Crippen LogP contribution in [-0.2, 0) is 11.3 Å². The summed E-state index contributed by atoms with van der Waals surface area (Å²) < 4.78 is 12.1. The summed E-state index contributed by atoms with van der Waals surface area (Å²) in [4.78, 5) is 52.1. The number of methoxy groups -OCH3 is 1. The molecule has 0 aliphatic carbocycles. The minimum Gasteiger partial charge on any atom is -0.504 e. The summed E-state index contributed by atoms with van der Waals surface area (Å²) in [6.07, 6.45) is -0.237. The number of phenols is 1. The first-order valence-corrected chi connectivity index (χ1v) is 11.4. The van der Waals surface area contributed by atoms with Crippen molar-refractivity contribution in [3.63, 3.8) is 0 Å². The Morgan fingerprint density at radius 3 is 2.65 bits per heavy atom. The molecule has 0 saturated carbocycles. The van der Waals surface area contributed by atoms with Gasteiger partial charge in [-0.15, -0.1) is 0 Å². The number of fused-ring (bicyclic) bond motifs is 1. The highest BCUT2D eigenvalue weighted by atomic mass is 16.5. The number of hydrogen-bond acceptors (Lipinski definition) is 8. The molecule has 1 atom stereocenters. The summed E-state index contributed by atoms with van der Waals surface area (Å²) in [5.41, 5.74) is -0.711. The highest BCUT2D eigenvalue weighted by Gasteiger charge is 2.26. The fraction of sp³-hybridized carbons (Fsp3) is 0.231. The topological polar surface area (TPSA) is 164 Å². The molecule has 4 N–H and O–H groups in total. The van der Waals surface area contributed by atoms with Crippen LogP contribution in [-0.4, -0.2) is 39.3 Å². The number of aromatic nitrogens is 2. The smallest absolute Gasteiger partial charge is 0.316 e. The van der Waals surface area contributed by atoms with Gasteiger partial charge in [-0.2, -0.15) is 0 Å². The first-order valence-electron chi connectivity index (χ1n) is 11.4. The maximum Gasteiger partial charge on any atom is 0.316 e. The number of nitrogens with zero attached hydrogens (tertiary/aromatic N) is 1. The predicted molar refractivity (Wildman–Crippen MR) is 134 cm³/mol. The number of ether oxygens (including phenoxy) is 1. The van der Waals surface area contributed by atoms with Crippen molar-refractivity contribution in [2.45, 2.75) is 25.8 Å². The summed E-state index contributed by atoms with van der Waals surface area (Å²) in [6, 6.07) is 12.3. The minimum absolute atomic E-state index is 0.0293. The molecule has 4 aromatic rings. The Kier molecular flexibility index (Phi) is 7.14. The fourth-order valence-electron chi connectivity index (χ4n) is 4.14. The number of carbonyl (C=O) groups is 1. The van der Waals surface area contributed by atoms with Gasteiger partial charge in [0.15, 0.2) is 17.3 Å². The van der Waals surface area contributed by atoms with Crippen molar-refractivity contribution in [3.05, 3.63) is 96.5 Å². The summed E-state index contributed by atoms with van der Waals surface area (Å²) in [5.74, 6) is -1.85. The molecule has 4 rings (SSSR count). The molecule has 0 unspecified atom stereocenters. The molecule has 192 valence electrons. The Morgan fingerprint density at radius 1 is 1.14 bits per heavy atom. The van der Waals surface area contributed by atoms with Crippen molar-refractivity contribution < 1.29 is 24.2 Å². The van der Waals surface area contributed by atoms with Crippen LogP contribution in [0.15, 0.2) is 67.3 Å². The summed E-state index contributed by atoms with van der Waals surface area (Å²) in [6.45, 7) is 1.61. The van der Waals surface area contributed by atoms with Crippen LogP contribution >= 0.6 is 0 Å². The Hall–Kier alpha value is -4.80. The van der Waals surface area contributed by atoms with Crippen molar-refractivity contribution in [2.24, 2.45) is 0 Å². The molecule has 0 saturated heterocycles. The lowest BCUT2D eigenvalue weighted by molar-refractivity contribution is -0.121. The molecule has 11 nitrogen and oxygen atoms in total. The molecule has 2 heterocycles. The standard InChI is InChI=1S/C26H25N3O8/c1-14-11-20(31)23(33)24(37-14)16(15-7-8-19(30)21(12-15)36-2)13-22(32)27-9-10-29-18-6-4-3-5-17(18)28-25(34)26(29)35/h3-8,11-12,16,30,33H,9-10,13H2,1-2H3,(H,27,32)(H,28,34)/t16-/m1/s1. The molecular weight excluding hydrogens is 482 g/mol. The van der Waals surface area contributed by atoms with Crippen molar-refractivity contribution >= 4 is 16.9 Å². The number of aromatic hydroxyl groups is 2. The number of hydrogen-bond donors (Lipinski definition) is 4. The van der Waals surface area contributed by atoms with Crippen LogP contribution in [0, 0.1) is 6.92 Å². The number of amides is 1. The third kappa shape index (κ3) is 5.25. The van der Waals surface area contributed by atoms with E-state index in [2.05, 4.69) is 10.3 Å². The minimum atomic E-state index is -0.898. The van der Waals surface area contributed by atoms with E-state index in [-0.39, 0.29) is 42.5 Å². The maximum atomic E-state index is 13.0. The lowest BCUT2D eigenvalue weighted by Crippen LogP contribution is -2.39. The second kappa shape index (κ2) is 10.4. The number of rotatable bonds is 8. The first kappa shape index (κ1) is 25.3. The molecule has 0 radical (unpaired) electrons. The van der Waals surface area contributed by atoms with E-state index in [1.54, 1.807) is 31.2 Å². The molecule has 0 spiro atoms. The fourth-order valence-corrected chi connectivity index (χ4v) is 4.14. The van der Waals surface area contributed by atoms with E-state index in [1.807, 2.05) is 0 Å². The predicted octanol–water partition coefficient (Wildman–Crippen LogP) is 1.71. The molecular formula is C26H25N3O8. The Balaban J connectivity index is 1.60. The summed E-state index contributed by atoms with van der Waals surface area (Å²) in [5, 5.41) is 23.1. The van der Waals surface area contributed by atoms with Crippen LogP contribution in [0.2, 0.25) is 0 Å². The molecule has 2 aromatic heterocycles. The van der Waals surface area contributed by atoms with Gasteiger partial charge in [0.05, 0.1) is 24.1 Å². The Labute approximate surface area is 209 Å². The van der Waals surface area contributed by atoms with Gasteiger partial charge in [-0.3, -0.25) is 19.2 Å². The van der Waals surface area contributed by atoms with E-state index < -0.39 is 34.1 Å². The zero-order chi connectivity index (χ0) is 26.7. The van der Waals surface area contributed by atoms with Crippen LogP contribution < -0.4 is 26.6 Å².